The lowest BCUT2D eigenvalue weighted by atomic mass is 10.00. The number of benzene rings is 2. The van der Waals surface area contributed by atoms with Gasteiger partial charge in [-0.1, -0.05) is 44.9 Å². The van der Waals surface area contributed by atoms with Gasteiger partial charge in [0, 0.05) is 36.3 Å². The molecule has 0 bridgehead atoms. The van der Waals surface area contributed by atoms with E-state index in [1.165, 1.54) is 12.1 Å². The molecule has 0 radical (unpaired) electrons. The van der Waals surface area contributed by atoms with E-state index in [4.69, 9.17) is 9.22 Å². The highest BCUT2D eigenvalue weighted by molar-refractivity contribution is 7.94. The van der Waals surface area contributed by atoms with E-state index in [1.54, 1.807) is 30.3 Å². The van der Waals surface area contributed by atoms with Gasteiger partial charge in [-0.15, -0.1) is 12.4 Å². The summed E-state index contributed by atoms with van der Waals surface area (Å²) in [6, 6.07) is 9.95. The molecule has 1 saturated carbocycles. The zero-order valence-corrected chi connectivity index (χ0v) is 25.7. The Labute approximate surface area is 257 Å². The van der Waals surface area contributed by atoms with Crippen LogP contribution in [-0.4, -0.2) is 59.6 Å². The molecule has 3 rings (SSSR count). The van der Waals surface area contributed by atoms with Crippen molar-refractivity contribution in [3.63, 3.8) is 0 Å². The van der Waals surface area contributed by atoms with Crippen molar-refractivity contribution in [3.8, 4) is 0 Å². The van der Waals surface area contributed by atoms with Crippen LogP contribution in [0.3, 0.4) is 0 Å². The fourth-order valence-corrected chi connectivity index (χ4v) is 4.94. The molecule has 0 aromatic heterocycles. The number of aliphatic hydroxyl groups is 1. The molecule has 42 heavy (non-hydrogen) atoms. The summed E-state index contributed by atoms with van der Waals surface area (Å²) in [6.45, 7) is 4.31. The molecule has 0 aliphatic heterocycles. The van der Waals surface area contributed by atoms with Gasteiger partial charge in [-0.3, -0.25) is 9.59 Å². The van der Waals surface area contributed by atoms with E-state index in [0.717, 1.165) is 56.6 Å². The molecule has 0 heterocycles. The monoisotopic (exact) mass is 629 g/mol. The maximum atomic E-state index is 13.9. The van der Waals surface area contributed by atoms with E-state index in [0.29, 0.717) is 11.6 Å². The van der Waals surface area contributed by atoms with E-state index >= 15 is 0 Å². The minimum absolute atomic E-state index is 0. The van der Waals surface area contributed by atoms with Crippen LogP contribution in [0.25, 0.3) is 0 Å². The van der Waals surface area contributed by atoms with Crippen LogP contribution in [0.4, 0.5) is 8.78 Å². The lowest BCUT2D eigenvalue weighted by molar-refractivity contribution is -0.234. The molecule has 2 aromatic carbocycles. The van der Waals surface area contributed by atoms with Crippen molar-refractivity contribution in [2.75, 3.05) is 12.3 Å². The van der Waals surface area contributed by atoms with Crippen LogP contribution in [0.15, 0.2) is 48.5 Å². The molecule has 2 amide bonds. The molecule has 4 N–H and O–H groups in total. The zero-order chi connectivity index (χ0) is 29.6. The van der Waals surface area contributed by atoms with E-state index in [2.05, 4.69) is 29.8 Å². The smallest absolute Gasteiger partial charge is 0.251 e. The van der Waals surface area contributed by atoms with Gasteiger partial charge in [0.05, 0.1) is 24.0 Å². The first-order valence-electron chi connectivity index (χ1n) is 14.3. The third-order valence-corrected chi connectivity index (χ3v) is 7.34. The van der Waals surface area contributed by atoms with Crippen LogP contribution in [0, 0.1) is 11.6 Å². The van der Waals surface area contributed by atoms with Gasteiger partial charge in [-0.05, 0) is 61.9 Å². The highest BCUT2D eigenvalue weighted by atomic mass is 35.5. The van der Waals surface area contributed by atoms with Crippen LogP contribution in [0.5, 0.6) is 0 Å². The molecule has 3 atom stereocenters. The van der Waals surface area contributed by atoms with Crippen LogP contribution in [0.2, 0.25) is 0 Å². The van der Waals surface area contributed by atoms with Crippen molar-refractivity contribution in [1.82, 2.24) is 16.0 Å². The second-order valence-electron chi connectivity index (χ2n) is 10.4. The van der Waals surface area contributed by atoms with Gasteiger partial charge in [0.25, 0.3) is 5.91 Å². The number of rotatable bonds is 19. The Morgan fingerprint density at radius 1 is 1.02 bits per heavy atom. The van der Waals surface area contributed by atoms with Gasteiger partial charge < -0.3 is 21.1 Å². The highest BCUT2D eigenvalue weighted by Gasteiger charge is 2.30. The van der Waals surface area contributed by atoms with Crippen molar-refractivity contribution in [2.45, 2.75) is 89.1 Å². The average molecular weight is 630 g/mol. The Bertz CT molecular complexity index is 1070. The number of aliphatic hydroxyl groups excluding tert-OH is 1. The van der Waals surface area contributed by atoms with Crippen LogP contribution in [-0.2, 0) is 20.4 Å². The lowest BCUT2D eigenvalue weighted by Gasteiger charge is -2.27. The van der Waals surface area contributed by atoms with Crippen LogP contribution in [0.1, 0.15) is 68.3 Å². The van der Waals surface area contributed by atoms with Gasteiger partial charge in [0.15, 0.2) is 0 Å². The Morgan fingerprint density at radius 2 is 1.67 bits per heavy atom. The summed E-state index contributed by atoms with van der Waals surface area (Å²) in [7, 11) is 0. The molecule has 1 aliphatic rings. The summed E-state index contributed by atoms with van der Waals surface area (Å²) >= 11 is 0.901. The molecule has 12 heteroatoms. The molecule has 0 saturated heterocycles. The Hall–Kier alpha value is -2.28. The molecular formula is C30H42ClF2N3O5S. The fraction of sp³-hybridized carbons (Fsp3) is 0.533. The van der Waals surface area contributed by atoms with E-state index in [1.807, 2.05) is 0 Å². The average Bonchev–Trinajstić information content (AvgIpc) is 3.77. The molecule has 1 fully saturated rings. The fourth-order valence-electron chi connectivity index (χ4n) is 4.34. The van der Waals surface area contributed by atoms with Gasteiger partial charge in [-0.25, -0.2) is 13.7 Å². The van der Waals surface area contributed by atoms with Crippen molar-refractivity contribution in [1.29, 1.82) is 0 Å². The summed E-state index contributed by atoms with van der Waals surface area (Å²) in [5.74, 6) is -2.51. The number of carbonyl (C=O) groups excluding carboxylic acids is 2. The van der Waals surface area contributed by atoms with Gasteiger partial charge >= 0.3 is 0 Å². The number of halogens is 3. The quantitative estimate of drug-likeness (QED) is 0.0758. The van der Waals surface area contributed by atoms with E-state index in [-0.39, 0.29) is 42.8 Å². The number of carbonyl (C=O) groups is 2. The normalized spacial score (nSPS) is 15.0. The standard InChI is InChI=1S/C30H41F2N3O5S.ClH/c1-3-8-25(9-4-2)39-40-41-19-27(35-29(37)21-10-6-5-7-11-21)30(38)34-26(28(36)18-33-24-12-13-24)16-20-14-22(31)17-23(32)15-20;/h5-7,10-11,14-15,17,24-28,33,36H,3-4,8-9,12-13,16,18-19H2,1-2H3,(H,34,38)(H,35,37);1H/t26-,27?,28+;/m0./s1. The number of nitrogens with one attached hydrogen (secondary N) is 3. The predicted molar refractivity (Wildman–Crippen MR) is 162 cm³/mol. The molecule has 2 aromatic rings. The van der Waals surface area contributed by atoms with E-state index < -0.39 is 41.6 Å². The van der Waals surface area contributed by atoms with Crippen molar-refractivity contribution >= 4 is 36.3 Å². The summed E-state index contributed by atoms with van der Waals surface area (Å²) in [4.78, 5) is 32.0. The summed E-state index contributed by atoms with van der Waals surface area (Å²) < 4.78 is 33.1. The topological polar surface area (TPSA) is 109 Å². The third kappa shape index (κ3) is 12.9. The minimum atomic E-state index is -1.05. The highest BCUT2D eigenvalue weighted by Crippen LogP contribution is 2.19. The zero-order valence-electron chi connectivity index (χ0n) is 24.0. The Morgan fingerprint density at radius 3 is 2.26 bits per heavy atom. The van der Waals surface area contributed by atoms with E-state index in [9.17, 15) is 23.5 Å². The summed E-state index contributed by atoms with van der Waals surface area (Å²) in [6.07, 6.45) is 4.40. The molecule has 1 unspecified atom stereocenters. The van der Waals surface area contributed by atoms with Crippen molar-refractivity contribution in [2.24, 2.45) is 0 Å². The first-order valence-corrected chi connectivity index (χ1v) is 15.2. The maximum absolute atomic E-state index is 13.9. The predicted octanol–water partition coefficient (Wildman–Crippen LogP) is 4.89. The molecule has 0 spiro atoms. The number of hydrogen-bond acceptors (Lipinski definition) is 7. The molecule has 1 aliphatic carbocycles. The number of amides is 2. The second kappa shape index (κ2) is 19.1. The van der Waals surface area contributed by atoms with Gasteiger partial charge in [-0.2, -0.15) is 4.33 Å². The second-order valence-corrected chi connectivity index (χ2v) is 11.1. The Kier molecular flexibility index (Phi) is 16.3. The molecule has 234 valence electrons. The summed E-state index contributed by atoms with van der Waals surface area (Å²) in [5, 5.41) is 19.7. The van der Waals surface area contributed by atoms with Crippen molar-refractivity contribution in [3.05, 3.63) is 71.3 Å². The largest absolute Gasteiger partial charge is 0.390 e. The molecular weight excluding hydrogens is 588 g/mol. The molecule has 8 nitrogen and oxygen atoms in total. The number of hydrogen-bond donors (Lipinski definition) is 4. The minimum Gasteiger partial charge on any atom is -0.390 e. The third-order valence-electron chi connectivity index (χ3n) is 6.70. The first kappa shape index (κ1) is 35.9. The lowest BCUT2D eigenvalue weighted by Crippen LogP contribution is -2.55. The van der Waals surface area contributed by atoms with Gasteiger partial charge in [0.2, 0.25) is 5.91 Å². The van der Waals surface area contributed by atoms with Crippen molar-refractivity contribution < 1.29 is 32.7 Å². The summed E-state index contributed by atoms with van der Waals surface area (Å²) in [5.41, 5.74) is 0.658. The Balaban J connectivity index is 0.00000616. The van der Waals surface area contributed by atoms with Gasteiger partial charge in [0.1, 0.15) is 17.7 Å². The van der Waals surface area contributed by atoms with Crippen LogP contribution < -0.4 is 16.0 Å². The first-order chi connectivity index (χ1) is 19.8. The SMILES string of the molecule is CCCC(CCC)OOSCC(NC(=O)c1ccccc1)C(=O)N[C@@H](Cc1cc(F)cc(F)c1)[C@H](O)CNC1CC1.Cl. The van der Waals surface area contributed by atoms with Crippen LogP contribution >= 0.6 is 24.4 Å². The maximum Gasteiger partial charge on any atom is 0.251 e.